The molecule has 1 fully saturated rings. The summed E-state index contributed by atoms with van der Waals surface area (Å²) in [6.45, 7) is 8.72. The number of nitrogens with zero attached hydrogens (tertiary/aromatic N) is 4. The minimum absolute atomic E-state index is 0.208. The Balaban J connectivity index is 1.58. The minimum Gasteiger partial charge on any atom is -0.321 e. The van der Waals surface area contributed by atoms with Gasteiger partial charge < -0.3 is 4.57 Å². The topological polar surface area (TPSA) is 83.9 Å². The van der Waals surface area contributed by atoms with Crippen LogP contribution in [0.25, 0.3) is 22.6 Å². The molecule has 2 aromatic carbocycles. The van der Waals surface area contributed by atoms with Crippen molar-refractivity contribution in [1.29, 1.82) is 0 Å². The van der Waals surface area contributed by atoms with Crippen LogP contribution in [0.1, 0.15) is 47.6 Å². The highest BCUT2D eigenvalue weighted by Gasteiger charge is 2.26. The number of likely N-dealkylation sites (tertiary alicyclic amines) is 1. The normalized spacial score (nSPS) is 17.1. The van der Waals surface area contributed by atoms with E-state index in [9.17, 15) is 9.59 Å². The van der Waals surface area contributed by atoms with Crippen LogP contribution in [0.3, 0.4) is 0 Å². The zero-order valence-corrected chi connectivity index (χ0v) is 19.4. The highest BCUT2D eigenvalue weighted by Crippen LogP contribution is 2.33. The van der Waals surface area contributed by atoms with E-state index >= 15 is 0 Å². The predicted molar refractivity (Wildman–Crippen MR) is 130 cm³/mol. The first kappa shape index (κ1) is 21.5. The van der Waals surface area contributed by atoms with Gasteiger partial charge in [0, 0.05) is 19.1 Å². The van der Waals surface area contributed by atoms with Crippen LogP contribution in [0.5, 0.6) is 0 Å². The smallest absolute Gasteiger partial charge is 0.321 e. The molecule has 0 aliphatic carbocycles. The molecule has 0 amide bonds. The molecule has 1 atom stereocenters. The molecule has 3 aliphatic rings. The number of aromatic nitrogens is 4. The summed E-state index contributed by atoms with van der Waals surface area (Å²) in [5, 5.41) is 0. The summed E-state index contributed by atoms with van der Waals surface area (Å²) in [5.41, 5.74) is 5.67. The lowest BCUT2D eigenvalue weighted by Gasteiger charge is -2.37. The fourth-order valence-electron chi connectivity index (χ4n) is 5.08. The summed E-state index contributed by atoms with van der Waals surface area (Å²) >= 11 is 0. The Hall–Kier alpha value is -3.32. The molecular formula is C26H29N5O2. The van der Waals surface area contributed by atoms with Crippen LogP contribution in [0.15, 0.2) is 46.0 Å². The van der Waals surface area contributed by atoms with Crippen LogP contribution in [0, 0.1) is 20.8 Å². The molecule has 0 saturated carbocycles. The summed E-state index contributed by atoms with van der Waals surface area (Å²) in [6.07, 6.45) is 3.53. The highest BCUT2D eigenvalue weighted by molar-refractivity contribution is 5.81. The van der Waals surface area contributed by atoms with Gasteiger partial charge in [-0.15, -0.1) is 0 Å². The van der Waals surface area contributed by atoms with Crippen molar-refractivity contribution in [2.24, 2.45) is 0 Å². The molecule has 3 heterocycles. The molecule has 1 saturated heterocycles. The van der Waals surface area contributed by atoms with Crippen molar-refractivity contribution in [3.05, 3.63) is 79.5 Å². The number of H-pyrrole nitrogens is 1. The van der Waals surface area contributed by atoms with Gasteiger partial charge in [0.05, 0.1) is 11.0 Å². The lowest BCUT2D eigenvalue weighted by Crippen LogP contribution is -2.37. The van der Waals surface area contributed by atoms with Gasteiger partial charge in [0.15, 0.2) is 11.5 Å². The van der Waals surface area contributed by atoms with E-state index in [-0.39, 0.29) is 5.69 Å². The van der Waals surface area contributed by atoms with Crippen molar-refractivity contribution in [3.63, 3.8) is 0 Å². The highest BCUT2D eigenvalue weighted by atomic mass is 16.2. The Morgan fingerprint density at radius 1 is 0.970 bits per heavy atom. The fraction of sp³-hybridized carbons (Fsp3) is 0.385. The summed E-state index contributed by atoms with van der Waals surface area (Å²) in [4.78, 5) is 38.2. The molecule has 3 aliphatic heterocycles. The molecule has 1 unspecified atom stereocenters. The third-order valence-corrected chi connectivity index (χ3v) is 7.00. The Bertz CT molecular complexity index is 1420. The maximum absolute atomic E-state index is 12.5. The number of nitrogens with one attached hydrogen (secondary N) is 1. The second-order valence-corrected chi connectivity index (χ2v) is 9.14. The SMILES string of the molecule is Cc1cc2nc3c(=O)[nH]c(=O)nc-3n(CCN3CCCCC3c3ccccc3C)c2cc1C. The zero-order chi connectivity index (χ0) is 23.1. The summed E-state index contributed by atoms with van der Waals surface area (Å²) in [7, 11) is 0. The molecule has 0 aromatic heterocycles. The lowest BCUT2D eigenvalue weighted by molar-refractivity contribution is 0.143. The van der Waals surface area contributed by atoms with E-state index in [0.717, 1.165) is 41.7 Å². The number of rotatable bonds is 4. The van der Waals surface area contributed by atoms with Gasteiger partial charge in [-0.1, -0.05) is 30.7 Å². The molecule has 0 bridgehead atoms. The standard InChI is InChI=1S/C26H29N5O2/c1-16-8-4-5-9-19(16)21-10-6-7-11-30(21)12-13-31-22-15-18(3)17(2)14-20(22)27-23-24(31)28-26(33)29-25(23)32/h4-5,8-9,14-15,21H,6-7,10-13H2,1-3H3,(H,29,32,33). The quantitative estimate of drug-likeness (QED) is 0.486. The van der Waals surface area contributed by atoms with Crippen molar-refractivity contribution in [1.82, 2.24) is 24.4 Å². The molecule has 7 heteroatoms. The summed E-state index contributed by atoms with van der Waals surface area (Å²) < 4.78 is 2.00. The number of benzene rings is 2. The van der Waals surface area contributed by atoms with Gasteiger partial charge in [0.2, 0.25) is 0 Å². The van der Waals surface area contributed by atoms with Crippen molar-refractivity contribution in [2.45, 2.75) is 52.6 Å². The molecule has 170 valence electrons. The molecule has 2 aromatic rings. The molecule has 7 nitrogen and oxygen atoms in total. The van der Waals surface area contributed by atoms with Crippen LogP contribution in [0.4, 0.5) is 0 Å². The van der Waals surface area contributed by atoms with Gasteiger partial charge in [0.25, 0.3) is 5.56 Å². The minimum atomic E-state index is -0.637. The zero-order valence-electron chi connectivity index (χ0n) is 19.4. The van der Waals surface area contributed by atoms with E-state index in [0.29, 0.717) is 18.4 Å². The third kappa shape index (κ3) is 3.97. The van der Waals surface area contributed by atoms with Crippen LogP contribution < -0.4 is 11.2 Å². The predicted octanol–water partition coefficient (Wildman–Crippen LogP) is 3.74. The number of aromatic amines is 1. The number of piperidine rings is 1. The first-order chi connectivity index (χ1) is 15.9. The van der Waals surface area contributed by atoms with Crippen molar-refractivity contribution in [2.75, 3.05) is 13.1 Å². The monoisotopic (exact) mass is 443 g/mol. The van der Waals surface area contributed by atoms with Crippen LogP contribution in [-0.4, -0.2) is 37.5 Å². The van der Waals surface area contributed by atoms with E-state index in [4.69, 9.17) is 0 Å². The summed E-state index contributed by atoms with van der Waals surface area (Å²) in [5.74, 6) is 0.351. The van der Waals surface area contributed by atoms with Crippen LogP contribution in [0.2, 0.25) is 0 Å². The molecule has 5 rings (SSSR count). The van der Waals surface area contributed by atoms with Crippen molar-refractivity contribution in [3.8, 4) is 11.5 Å². The van der Waals surface area contributed by atoms with E-state index in [1.54, 1.807) is 0 Å². The molecule has 33 heavy (non-hydrogen) atoms. The second kappa shape index (κ2) is 8.56. The summed E-state index contributed by atoms with van der Waals surface area (Å²) in [6, 6.07) is 13.1. The molecule has 1 N–H and O–H groups in total. The number of aryl methyl sites for hydroxylation is 3. The molecule has 0 radical (unpaired) electrons. The Morgan fingerprint density at radius 2 is 1.76 bits per heavy atom. The first-order valence-corrected chi connectivity index (χ1v) is 11.6. The molecular weight excluding hydrogens is 414 g/mol. The average Bonchev–Trinajstić information content (AvgIpc) is 2.79. The van der Waals surface area contributed by atoms with Gasteiger partial charge in [0.1, 0.15) is 0 Å². The van der Waals surface area contributed by atoms with E-state index in [2.05, 4.69) is 64.0 Å². The van der Waals surface area contributed by atoms with Gasteiger partial charge in [-0.05, 0) is 74.5 Å². The fourth-order valence-corrected chi connectivity index (χ4v) is 5.08. The molecule has 0 spiro atoms. The van der Waals surface area contributed by atoms with Gasteiger partial charge in [-0.25, -0.2) is 9.78 Å². The maximum atomic E-state index is 12.5. The second-order valence-electron chi connectivity index (χ2n) is 9.14. The maximum Gasteiger partial charge on any atom is 0.349 e. The number of hydrogen-bond acceptors (Lipinski definition) is 5. The Kier molecular flexibility index (Phi) is 5.58. The van der Waals surface area contributed by atoms with Crippen LogP contribution >= 0.6 is 0 Å². The van der Waals surface area contributed by atoms with E-state index in [1.165, 1.54) is 24.0 Å². The van der Waals surface area contributed by atoms with Gasteiger partial charge in [-0.3, -0.25) is 14.7 Å². The number of hydrogen-bond donors (Lipinski definition) is 1. The van der Waals surface area contributed by atoms with Crippen LogP contribution in [-0.2, 0) is 6.54 Å². The third-order valence-electron chi connectivity index (χ3n) is 7.00. The largest absolute Gasteiger partial charge is 0.349 e. The average molecular weight is 444 g/mol. The van der Waals surface area contributed by atoms with Crippen molar-refractivity contribution < 1.29 is 0 Å². The van der Waals surface area contributed by atoms with Gasteiger partial charge >= 0.3 is 5.69 Å². The lowest BCUT2D eigenvalue weighted by atomic mass is 9.92. The number of fused-ring (bicyclic) bond motifs is 2. The van der Waals surface area contributed by atoms with E-state index < -0.39 is 11.2 Å². The Labute approximate surface area is 192 Å². The Morgan fingerprint density at radius 3 is 2.58 bits per heavy atom. The first-order valence-electron chi connectivity index (χ1n) is 11.6. The van der Waals surface area contributed by atoms with Gasteiger partial charge in [-0.2, -0.15) is 4.98 Å². The van der Waals surface area contributed by atoms with Crippen molar-refractivity contribution >= 4 is 11.0 Å². The van der Waals surface area contributed by atoms with E-state index in [1.807, 2.05) is 17.6 Å².